The maximum absolute atomic E-state index is 13.6. The molecule has 0 aliphatic heterocycles. The van der Waals surface area contributed by atoms with E-state index in [1.807, 2.05) is 26.8 Å². The van der Waals surface area contributed by atoms with Crippen LogP contribution in [-0.2, 0) is 17.3 Å². The maximum Gasteiger partial charge on any atom is 0.295 e. The van der Waals surface area contributed by atoms with Crippen molar-refractivity contribution in [3.05, 3.63) is 52.5 Å². The zero-order valence-electron chi connectivity index (χ0n) is 21.8. The number of ether oxygens (including phenoxy) is 1. The SMILES string of the molecule is CC[C@@H](C)n1c(=O)c(NCc2ccc(S(=O)CC)nc2)nc2cnc(-c3c(OC)ncnc3C3CC3)nc21. The van der Waals surface area contributed by atoms with E-state index in [-0.39, 0.29) is 17.4 Å². The molecule has 4 aromatic heterocycles. The third-order valence-corrected chi connectivity index (χ3v) is 7.87. The van der Waals surface area contributed by atoms with E-state index in [4.69, 9.17) is 9.72 Å². The molecule has 1 N–H and O–H groups in total. The fourth-order valence-corrected chi connectivity index (χ4v) is 4.91. The molecular formula is C26H30N8O3S. The van der Waals surface area contributed by atoms with E-state index in [1.165, 1.54) is 6.33 Å². The molecule has 12 heteroatoms. The van der Waals surface area contributed by atoms with Crippen LogP contribution in [-0.4, -0.2) is 51.5 Å². The predicted molar refractivity (Wildman–Crippen MR) is 145 cm³/mol. The largest absolute Gasteiger partial charge is 0.480 e. The zero-order valence-corrected chi connectivity index (χ0v) is 22.7. The molecular weight excluding hydrogens is 504 g/mol. The number of nitrogens with zero attached hydrogens (tertiary/aromatic N) is 7. The van der Waals surface area contributed by atoms with Crippen LogP contribution in [0.3, 0.4) is 0 Å². The Kier molecular flexibility index (Phi) is 7.41. The summed E-state index contributed by atoms with van der Waals surface area (Å²) >= 11 is 0. The molecule has 0 amide bonds. The average molecular weight is 535 g/mol. The number of anilines is 1. The summed E-state index contributed by atoms with van der Waals surface area (Å²) in [4.78, 5) is 40.6. The van der Waals surface area contributed by atoms with Crippen molar-refractivity contribution < 1.29 is 8.95 Å². The van der Waals surface area contributed by atoms with Crippen molar-refractivity contribution in [2.45, 2.75) is 63.6 Å². The minimum atomic E-state index is -1.11. The van der Waals surface area contributed by atoms with E-state index in [1.54, 1.807) is 30.1 Å². The van der Waals surface area contributed by atoms with Gasteiger partial charge < -0.3 is 10.1 Å². The van der Waals surface area contributed by atoms with Crippen LogP contribution in [0.5, 0.6) is 5.88 Å². The zero-order chi connectivity index (χ0) is 26.8. The van der Waals surface area contributed by atoms with Gasteiger partial charge in [-0.15, -0.1) is 0 Å². The van der Waals surface area contributed by atoms with Gasteiger partial charge in [0.1, 0.15) is 22.4 Å². The third kappa shape index (κ3) is 5.00. The number of aromatic nitrogens is 7. The second-order valence-corrected chi connectivity index (χ2v) is 10.9. The Hall–Kier alpha value is -3.80. The van der Waals surface area contributed by atoms with Gasteiger partial charge in [0.2, 0.25) is 5.88 Å². The van der Waals surface area contributed by atoms with Crippen LogP contribution >= 0.6 is 0 Å². The van der Waals surface area contributed by atoms with Gasteiger partial charge in [-0.05, 0) is 37.8 Å². The molecule has 1 saturated carbocycles. The fourth-order valence-electron chi connectivity index (χ4n) is 4.23. The van der Waals surface area contributed by atoms with Crippen LogP contribution in [0.4, 0.5) is 5.82 Å². The summed E-state index contributed by atoms with van der Waals surface area (Å²) in [6.07, 6.45) is 7.60. The highest BCUT2D eigenvalue weighted by Gasteiger charge is 2.31. The highest BCUT2D eigenvalue weighted by molar-refractivity contribution is 7.84. The summed E-state index contributed by atoms with van der Waals surface area (Å²) in [7, 11) is 0.447. The number of rotatable bonds is 10. The molecule has 1 fully saturated rings. The highest BCUT2D eigenvalue weighted by atomic mass is 32.2. The lowest BCUT2D eigenvalue weighted by Crippen LogP contribution is -2.28. The van der Waals surface area contributed by atoms with Crippen LogP contribution in [0.15, 0.2) is 40.7 Å². The van der Waals surface area contributed by atoms with E-state index in [0.717, 1.165) is 30.5 Å². The molecule has 4 aromatic rings. The summed E-state index contributed by atoms with van der Waals surface area (Å²) < 4.78 is 19.1. The summed E-state index contributed by atoms with van der Waals surface area (Å²) in [6.45, 7) is 6.18. The van der Waals surface area contributed by atoms with Gasteiger partial charge in [-0.3, -0.25) is 13.6 Å². The van der Waals surface area contributed by atoms with Gasteiger partial charge in [-0.2, -0.15) is 0 Å². The Morgan fingerprint density at radius 1 is 1.13 bits per heavy atom. The lowest BCUT2D eigenvalue weighted by atomic mass is 10.1. The molecule has 38 heavy (non-hydrogen) atoms. The number of hydrogen-bond acceptors (Lipinski definition) is 10. The molecule has 0 saturated heterocycles. The van der Waals surface area contributed by atoms with E-state index in [9.17, 15) is 9.00 Å². The first-order valence-electron chi connectivity index (χ1n) is 12.7. The number of nitrogens with one attached hydrogen (secondary N) is 1. The monoisotopic (exact) mass is 534 g/mol. The topological polar surface area (TPSA) is 138 Å². The molecule has 1 aliphatic rings. The van der Waals surface area contributed by atoms with Crippen molar-refractivity contribution in [2.75, 3.05) is 18.2 Å². The van der Waals surface area contributed by atoms with Crippen LogP contribution < -0.4 is 15.6 Å². The normalized spacial score (nSPS) is 14.8. The number of fused-ring (bicyclic) bond motifs is 1. The summed E-state index contributed by atoms with van der Waals surface area (Å²) in [5.41, 5.74) is 3.03. The molecule has 1 aliphatic carbocycles. The Bertz CT molecular complexity index is 1550. The molecule has 1 unspecified atom stereocenters. The third-order valence-electron chi connectivity index (χ3n) is 6.64. The minimum Gasteiger partial charge on any atom is -0.480 e. The van der Waals surface area contributed by atoms with Crippen LogP contribution in [0.2, 0.25) is 0 Å². The number of hydrogen-bond donors (Lipinski definition) is 1. The van der Waals surface area contributed by atoms with Gasteiger partial charge in [0.15, 0.2) is 17.3 Å². The second-order valence-electron chi connectivity index (χ2n) is 9.21. The first kappa shape index (κ1) is 25.8. The molecule has 5 rings (SSSR count). The van der Waals surface area contributed by atoms with Gasteiger partial charge in [0, 0.05) is 30.5 Å². The minimum absolute atomic E-state index is 0.127. The summed E-state index contributed by atoms with van der Waals surface area (Å²) in [5, 5.41) is 3.68. The molecule has 0 bridgehead atoms. The molecule has 198 valence electrons. The lowest BCUT2D eigenvalue weighted by molar-refractivity contribution is 0.397. The number of pyridine rings is 1. The molecule has 2 atom stereocenters. The first-order chi connectivity index (χ1) is 18.4. The van der Waals surface area contributed by atoms with E-state index in [2.05, 4.69) is 30.2 Å². The van der Waals surface area contributed by atoms with E-state index >= 15 is 0 Å². The molecule has 0 radical (unpaired) electrons. The average Bonchev–Trinajstić information content (AvgIpc) is 3.80. The van der Waals surface area contributed by atoms with Crippen molar-refractivity contribution in [1.82, 2.24) is 34.5 Å². The number of methoxy groups -OCH3 is 1. The van der Waals surface area contributed by atoms with Crippen molar-refractivity contribution in [1.29, 1.82) is 0 Å². The first-order valence-corrected chi connectivity index (χ1v) is 14.0. The van der Waals surface area contributed by atoms with E-state index < -0.39 is 10.8 Å². The Morgan fingerprint density at radius 2 is 1.95 bits per heavy atom. The Balaban J connectivity index is 1.54. The molecule has 11 nitrogen and oxygen atoms in total. The van der Waals surface area contributed by atoms with Gasteiger partial charge in [-0.25, -0.2) is 29.9 Å². The molecule has 0 aromatic carbocycles. The standard InChI is InChI=1S/C26H30N8O3S/c1-5-15(3)34-24-18(13-29-22(33-24)20-21(17-8-9-17)30-14-31-25(20)37-4)32-23(26(34)35)28-12-16-7-10-19(27-11-16)38(36)6-2/h7,10-11,13-15,17H,5-6,8-9,12H2,1-4H3,(H,28,32)/t15-,38?/m1/s1. The molecule has 0 spiro atoms. The fraction of sp³-hybridized carbons (Fsp3) is 0.423. The van der Waals surface area contributed by atoms with E-state index in [0.29, 0.717) is 51.7 Å². The van der Waals surface area contributed by atoms with Crippen molar-refractivity contribution in [3.63, 3.8) is 0 Å². The second kappa shape index (κ2) is 10.9. The van der Waals surface area contributed by atoms with Gasteiger partial charge >= 0.3 is 0 Å². The van der Waals surface area contributed by atoms with Gasteiger partial charge in [-0.1, -0.05) is 19.9 Å². The highest BCUT2D eigenvalue weighted by Crippen LogP contribution is 2.44. The van der Waals surface area contributed by atoms with Gasteiger partial charge in [0.25, 0.3) is 5.56 Å². The quantitative estimate of drug-likeness (QED) is 0.321. The maximum atomic E-state index is 13.6. The predicted octanol–water partition coefficient (Wildman–Crippen LogP) is 3.64. The summed E-state index contributed by atoms with van der Waals surface area (Å²) in [5.74, 6) is 1.86. The Morgan fingerprint density at radius 3 is 2.61 bits per heavy atom. The van der Waals surface area contributed by atoms with Crippen molar-refractivity contribution in [3.8, 4) is 17.3 Å². The van der Waals surface area contributed by atoms with Crippen LogP contribution in [0.1, 0.15) is 63.3 Å². The van der Waals surface area contributed by atoms with Crippen molar-refractivity contribution in [2.24, 2.45) is 0 Å². The smallest absolute Gasteiger partial charge is 0.295 e. The van der Waals surface area contributed by atoms with Crippen LogP contribution in [0.25, 0.3) is 22.6 Å². The summed E-state index contributed by atoms with van der Waals surface area (Å²) in [6, 6.07) is 3.46. The Labute approximate surface area is 222 Å². The van der Waals surface area contributed by atoms with Gasteiger partial charge in [0.05, 0.1) is 29.8 Å². The van der Waals surface area contributed by atoms with Crippen LogP contribution in [0, 0.1) is 0 Å². The lowest BCUT2D eigenvalue weighted by Gasteiger charge is -2.18. The molecule has 4 heterocycles. The van der Waals surface area contributed by atoms with Crippen molar-refractivity contribution >= 4 is 27.8 Å².